The summed E-state index contributed by atoms with van der Waals surface area (Å²) in [6, 6.07) is 8.40. The largest absolute Gasteiger partial charge is 0.487 e. The minimum Gasteiger partial charge on any atom is -0.487 e. The maximum atomic E-state index is 6.37. The fraction of sp³-hybridized carbons (Fsp3) is 0.625. The minimum absolute atomic E-state index is 0.0324. The summed E-state index contributed by atoms with van der Waals surface area (Å²) >= 11 is 0. The summed E-state index contributed by atoms with van der Waals surface area (Å²) in [5.41, 5.74) is 1.23. The first-order chi connectivity index (χ1) is 8.67. The summed E-state index contributed by atoms with van der Waals surface area (Å²) in [7, 11) is 0. The lowest BCUT2D eigenvalue weighted by Crippen LogP contribution is -2.56. The molecule has 1 aliphatic carbocycles. The normalized spacial score (nSPS) is 45.0. The zero-order chi connectivity index (χ0) is 12.3. The maximum absolute atomic E-state index is 6.37. The van der Waals surface area contributed by atoms with Crippen LogP contribution in [-0.4, -0.2) is 12.2 Å². The van der Waals surface area contributed by atoms with Gasteiger partial charge in [0.05, 0.1) is 12.7 Å². The van der Waals surface area contributed by atoms with E-state index in [1.807, 2.05) is 0 Å². The van der Waals surface area contributed by atoms with Gasteiger partial charge >= 0.3 is 0 Å². The van der Waals surface area contributed by atoms with E-state index in [4.69, 9.17) is 9.47 Å². The van der Waals surface area contributed by atoms with Crippen LogP contribution in [0.5, 0.6) is 5.75 Å². The Kier molecular flexibility index (Phi) is 2.12. The van der Waals surface area contributed by atoms with Crippen molar-refractivity contribution in [2.24, 2.45) is 17.8 Å². The molecule has 1 aromatic carbocycles. The summed E-state index contributed by atoms with van der Waals surface area (Å²) in [5, 5.41) is 0. The van der Waals surface area contributed by atoms with E-state index in [-0.39, 0.29) is 11.7 Å². The summed E-state index contributed by atoms with van der Waals surface area (Å²) in [5.74, 6) is 3.00. The van der Waals surface area contributed by atoms with Crippen LogP contribution in [0.15, 0.2) is 24.3 Å². The standard InChI is InChI=1S/C16H20O2/c1-10-8-16(2)13-7-11(10)9-17-15(13)12-5-3-4-6-14(12)18-16/h3-6,10-11,13,15H,7-9H2,1-2H3/t10-,11-,13-,15-,16+/m0/s1. The summed E-state index contributed by atoms with van der Waals surface area (Å²) in [6.45, 7) is 5.55. The number of hydrogen-bond donors (Lipinski definition) is 0. The second-order valence-corrected chi connectivity index (χ2v) is 6.49. The van der Waals surface area contributed by atoms with Crippen molar-refractivity contribution in [2.75, 3.05) is 6.61 Å². The van der Waals surface area contributed by atoms with Crippen molar-refractivity contribution in [3.8, 4) is 5.75 Å². The van der Waals surface area contributed by atoms with Crippen molar-refractivity contribution in [1.29, 1.82) is 0 Å². The summed E-state index contributed by atoms with van der Waals surface area (Å²) < 4.78 is 12.6. The van der Waals surface area contributed by atoms with Crippen LogP contribution in [0, 0.1) is 17.8 Å². The van der Waals surface area contributed by atoms with E-state index in [1.54, 1.807) is 0 Å². The molecule has 2 nitrogen and oxygen atoms in total. The number of hydrogen-bond acceptors (Lipinski definition) is 2. The molecule has 2 bridgehead atoms. The quantitative estimate of drug-likeness (QED) is 0.694. The zero-order valence-electron chi connectivity index (χ0n) is 11.1. The smallest absolute Gasteiger partial charge is 0.125 e. The molecule has 3 aliphatic rings. The lowest BCUT2D eigenvalue weighted by atomic mass is 9.62. The van der Waals surface area contributed by atoms with Gasteiger partial charge in [0.15, 0.2) is 0 Å². The molecule has 0 N–H and O–H groups in total. The highest BCUT2D eigenvalue weighted by atomic mass is 16.5. The highest BCUT2D eigenvalue weighted by Gasteiger charge is 2.54. The van der Waals surface area contributed by atoms with Crippen LogP contribution in [0.3, 0.4) is 0 Å². The van der Waals surface area contributed by atoms with E-state index >= 15 is 0 Å². The fourth-order valence-electron chi connectivity index (χ4n) is 4.27. The highest BCUT2D eigenvalue weighted by molar-refractivity contribution is 5.39. The Bertz CT molecular complexity index is 484. The third kappa shape index (κ3) is 1.33. The molecule has 2 heteroatoms. The number of para-hydroxylation sites is 1. The first-order valence-corrected chi connectivity index (χ1v) is 7.07. The van der Waals surface area contributed by atoms with Gasteiger partial charge in [-0.15, -0.1) is 0 Å². The molecule has 1 aromatic rings. The lowest BCUT2D eigenvalue weighted by molar-refractivity contribution is -0.184. The predicted octanol–water partition coefficient (Wildman–Crippen LogP) is 3.57. The van der Waals surface area contributed by atoms with Crippen molar-refractivity contribution in [3.63, 3.8) is 0 Å². The van der Waals surface area contributed by atoms with E-state index in [0.29, 0.717) is 11.8 Å². The Morgan fingerprint density at radius 2 is 2.11 bits per heavy atom. The number of fused-ring (bicyclic) bond motifs is 3. The molecule has 2 aliphatic heterocycles. The van der Waals surface area contributed by atoms with Gasteiger partial charge in [-0.2, -0.15) is 0 Å². The van der Waals surface area contributed by atoms with E-state index in [9.17, 15) is 0 Å². The summed E-state index contributed by atoms with van der Waals surface area (Å²) in [6.07, 6.45) is 2.68. The van der Waals surface area contributed by atoms with Crippen molar-refractivity contribution in [1.82, 2.24) is 0 Å². The third-order valence-corrected chi connectivity index (χ3v) is 5.30. The number of benzene rings is 1. The zero-order valence-corrected chi connectivity index (χ0v) is 11.1. The maximum Gasteiger partial charge on any atom is 0.125 e. The van der Waals surface area contributed by atoms with Gasteiger partial charge in [-0.05, 0) is 37.7 Å². The lowest BCUT2D eigenvalue weighted by Gasteiger charge is -2.55. The first-order valence-electron chi connectivity index (χ1n) is 7.07. The SMILES string of the molecule is C[C@H]1C[C@@]2(C)Oc3ccccc3[C@@H]3OC[C@@H]1C[C@@H]32. The van der Waals surface area contributed by atoms with Gasteiger partial charge in [-0.25, -0.2) is 0 Å². The van der Waals surface area contributed by atoms with E-state index in [1.165, 1.54) is 12.0 Å². The molecule has 2 fully saturated rings. The molecule has 2 heterocycles. The van der Waals surface area contributed by atoms with Gasteiger partial charge in [0, 0.05) is 11.5 Å². The van der Waals surface area contributed by atoms with Crippen LogP contribution >= 0.6 is 0 Å². The average Bonchev–Trinajstić information content (AvgIpc) is 2.37. The van der Waals surface area contributed by atoms with Crippen LogP contribution in [0.1, 0.15) is 38.4 Å². The molecule has 0 unspecified atom stereocenters. The molecule has 0 spiro atoms. The van der Waals surface area contributed by atoms with Crippen LogP contribution in [0.4, 0.5) is 0 Å². The molecular weight excluding hydrogens is 224 g/mol. The van der Waals surface area contributed by atoms with Gasteiger partial charge < -0.3 is 9.47 Å². The fourth-order valence-corrected chi connectivity index (χ4v) is 4.27. The van der Waals surface area contributed by atoms with E-state index in [2.05, 4.69) is 38.1 Å². The van der Waals surface area contributed by atoms with Gasteiger partial charge in [0.2, 0.25) is 0 Å². The molecule has 96 valence electrons. The van der Waals surface area contributed by atoms with E-state index in [0.717, 1.165) is 24.7 Å². The number of ether oxygens (including phenoxy) is 2. The van der Waals surface area contributed by atoms with E-state index < -0.39 is 0 Å². The van der Waals surface area contributed by atoms with Crippen LogP contribution < -0.4 is 4.74 Å². The Labute approximate surface area is 108 Å². The van der Waals surface area contributed by atoms with Crippen molar-refractivity contribution >= 4 is 0 Å². The van der Waals surface area contributed by atoms with Gasteiger partial charge in [0.25, 0.3) is 0 Å². The Morgan fingerprint density at radius 1 is 1.28 bits per heavy atom. The van der Waals surface area contributed by atoms with Gasteiger partial charge in [0.1, 0.15) is 11.4 Å². The minimum atomic E-state index is -0.0324. The van der Waals surface area contributed by atoms with Crippen LogP contribution in [-0.2, 0) is 4.74 Å². The topological polar surface area (TPSA) is 18.5 Å². The molecule has 0 amide bonds. The molecule has 4 rings (SSSR count). The molecule has 5 atom stereocenters. The molecule has 1 saturated carbocycles. The average molecular weight is 244 g/mol. The van der Waals surface area contributed by atoms with Crippen molar-refractivity contribution in [3.05, 3.63) is 29.8 Å². The second kappa shape index (κ2) is 3.51. The Morgan fingerprint density at radius 3 is 3.00 bits per heavy atom. The second-order valence-electron chi connectivity index (χ2n) is 6.49. The van der Waals surface area contributed by atoms with Gasteiger partial charge in [-0.3, -0.25) is 0 Å². The molecular formula is C16H20O2. The van der Waals surface area contributed by atoms with Crippen molar-refractivity contribution in [2.45, 2.75) is 38.4 Å². The monoisotopic (exact) mass is 244 g/mol. The Balaban J connectivity index is 1.83. The first kappa shape index (κ1) is 10.9. The highest BCUT2D eigenvalue weighted by Crippen LogP contribution is 2.56. The number of rotatable bonds is 0. The summed E-state index contributed by atoms with van der Waals surface area (Å²) in [4.78, 5) is 0. The molecule has 18 heavy (non-hydrogen) atoms. The molecule has 1 saturated heterocycles. The molecule has 0 radical (unpaired) electrons. The molecule has 0 aromatic heterocycles. The van der Waals surface area contributed by atoms with Crippen molar-refractivity contribution < 1.29 is 9.47 Å². The van der Waals surface area contributed by atoms with Crippen LogP contribution in [0.25, 0.3) is 0 Å². The van der Waals surface area contributed by atoms with Gasteiger partial charge in [-0.1, -0.05) is 25.1 Å². The predicted molar refractivity (Wildman–Crippen MR) is 69.5 cm³/mol. The third-order valence-electron chi connectivity index (χ3n) is 5.30. The van der Waals surface area contributed by atoms with Crippen LogP contribution in [0.2, 0.25) is 0 Å². The Hall–Kier alpha value is -1.02.